The molecule has 1 aromatic heterocycles. The van der Waals surface area contributed by atoms with Gasteiger partial charge in [-0.05, 0) is 44.2 Å². The van der Waals surface area contributed by atoms with Crippen LogP contribution in [0.3, 0.4) is 0 Å². The lowest BCUT2D eigenvalue weighted by molar-refractivity contribution is 0.476. The van der Waals surface area contributed by atoms with E-state index in [1.807, 2.05) is 30.5 Å². The molecule has 1 heterocycles. The predicted octanol–water partition coefficient (Wildman–Crippen LogP) is 3.88. The smallest absolute Gasteiger partial charge is 0.144 e. The van der Waals surface area contributed by atoms with E-state index in [1.54, 1.807) is 12.1 Å². The van der Waals surface area contributed by atoms with Crippen LogP contribution in [-0.2, 0) is 6.54 Å². The maximum absolute atomic E-state index is 13.4. The Morgan fingerprint density at radius 1 is 1.20 bits per heavy atom. The molecule has 0 atom stereocenters. The van der Waals surface area contributed by atoms with Crippen LogP contribution in [0.4, 0.5) is 4.39 Å². The molecule has 102 valence electrons. The average molecular weight is 270 g/mol. The van der Waals surface area contributed by atoms with Crippen molar-refractivity contribution in [3.63, 3.8) is 0 Å². The summed E-state index contributed by atoms with van der Waals surface area (Å²) in [4.78, 5) is 4.53. The largest absolute Gasteiger partial charge is 0.507 e. The number of halogens is 1. The summed E-state index contributed by atoms with van der Waals surface area (Å²) in [6.07, 6.45) is 0. The number of phenolic OH excluding ortho intramolecular Hbond substituents is 1. The molecule has 3 rings (SSSR count). The lowest BCUT2D eigenvalue weighted by Gasteiger charge is -2.08. The molecule has 2 aromatic carbocycles. The second kappa shape index (κ2) is 4.63. The molecule has 0 fully saturated rings. The maximum Gasteiger partial charge on any atom is 0.144 e. The van der Waals surface area contributed by atoms with E-state index in [1.165, 1.54) is 12.1 Å². The van der Waals surface area contributed by atoms with Gasteiger partial charge in [0.2, 0.25) is 0 Å². The van der Waals surface area contributed by atoms with Crippen molar-refractivity contribution in [2.75, 3.05) is 0 Å². The minimum absolute atomic E-state index is 0.182. The highest BCUT2D eigenvalue weighted by atomic mass is 19.1. The first-order valence-electron chi connectivity index (χ1n) is 6.56. The van der Waals surface area contributed by atoms with E-state index in [-0.39, 0.29) is 11.6 Å². The third-order valence-electron chi connectivity index (χ3n) is 3.42. The Bertz CT molecular complexity index is 793. The Morgan fingerprint density at radius 3 is 2.75 bits per heavy atom. The van der Waals surface area contributed by atoms with Crippen LogP contribution in [0, 0.1) is 12.7 Å². The lowest BCUT2D eigenvalue weighted by atomic mass is 10.1. The summed E-state index contributed by atoms with van der Waals surface area (Å²) in [6, 6.07) is 9.92. The number of benzene rings is 2. The number of hydrogen-bond acceptors (Lipinski definition) is 2. The number of hydrogen-bond donors (Lipinski definition) is 1. The highest BCUT2D eigenvalue weighted by Crippen LogP contribution is 2.32. The fourth-order valence-corrected chi connectivity index (χ4v) is 2.45. The second-order valence-corrected chi connectivity index (χ2v) is 4.83. The van der Waals surface area contributed by atoms with E-state index in [2.05, 4.69) is 4.98 Å². The van der Waals surface area contributed by atoms with Crippen molar-refractivity contribution < 1.29 is 9.50 Å². The molecule has 0 saturated heterocycles. The van der Waals surface area contributed by atoms with E-state index in [9.17, 15) is 9.50 Å². The third-order valence-corrected chi connectivity index (χ3v) is 3.42. The van der Waals surface area contributed by atoms with Gasteiger partial charge >= 0.3 is 0 Å². The van der Waals surface area contributed by atoms with Gasteiger partial charge in [-0.25, -0.2) is 9.37 Å². The highest BCUT2D eigenvalue weighted by molar-refractivity contribution is 5.82. The molecule has 3 aromatic rings. The van der Waals surface area contributed by atoms with Crippen molar-refractivity contribution in [2.24, 2.45) is 0 Å². The van der Waals surface area contributed by atoms with Crippen molar-refractivity contribution in [2.45, 2.75) is 20.4 Å². The molecule has 0 aliphatic rings. The number of rotatable bonds is 2. The molecule has 0 aliphatic heterocycles. The minimum atomic E-state index is -0.285. The third kappa shape index (κ3) is 1.93. The molecule has 0 amide bonds. The Kier molecular flexibility index (Phi) is 2.93. The highest BCUT2D eigenvalue weighted by Gasteiger charge is 2.15. The number of aromatic nitrogens is 2. The zero-order valence-corrected chi connectivity index (χ0v) is 11.4. The average Bonchev–Trinajstić information content (AvgIpc) is 2.79. The predicted molar refractivity (Wildman–Crippen MR) is 77.2 cm³/mol. The van der Waals surface area contributed by atoms with Crippen molar-refractivity contribution >= 4 is 11.0 Å². The van der Waals surface area contributed by atoms with Gasteiger partial charge in [-0.2, -0.15) is 0 Å². The van der Waals surface area contributed by atoms with E-state index in [0.29, 0.717) is 17.9 Å². The maximum atomic E-state index is 13.4. The molecule has 4 heteroatoms. The molecule has 0 saturated carbocycles. The van der Waals surface area contributed by atoms with Crippen LogP contribution in [0.15, 0.2) is 36.4 Å². The van der Waals surface area contributed by atoms with Gasteiger partial charge < -0.3 is 9.67 Å². The number of fused-ring (bicyclic) bond motifs is 1. The van der Waals surface area contributed by atoms with Gasteiger partial charge in [-0.15, -0.1) is 0 Å². The van der Waals surface area contributed by atoms with Gasteiger partial charge in [0.05, 0.1) is 16.6 Å². The summed E-state index contributed by atoms with van der Waals surface area (Å²) in [5.74, 6) is 0.558. The van der Waals surface area contributed by atoms with Crippen LogP contribution < -0.4 is 0 Å². The second-order valence-electron chi connectivity index (χ2n) is 4.83. The Balaban J connectivity index is 2.33. The van der Waals surface area contributed by atoms with Gasteiger partial charge in [0.25, 0.3) is 0 Å². The van der Waals surface area contributed by atoms with Crippen LogP contribution in [0.2, 0.25) is 0 Å². The van der Waals surface area contributed by atoms with E-state index in [4.69, 9.17) is 0 Å². The van der Waals surface area contributed by atoms with Gasteiger partial charge in [-0.1, -0.05) is 11.6 Å². The number of phenols is 1. The zero-order chi connectivity index (χ0) is 14.3. The fourth-order valence-electron chi connectivity index (χ4n) is 2.45. The van der Waals surface area contributed by atoms with E-state index >= 15 is 0 Å². The van der Waals surface area contributed by atoms with Gasteiger partial charge in [-0.3, -0.25) is 0 Å². The summed E-state index contributed by atoms with van der Waals surface area (Å²) in [5, 5.41) is 10.1. The van der Waals surface area contributed by atoms with Gasteiger partial charge in [0.15, 0.2) is 0 Å². The SMILES string of the molecule is CCn1c(-c2cc(C)ccc2O)nc2ccc(F)cc21. The molecule has 1 N–H and O–H groups in total. The molecule has 0 radical (unpaired) electrons. The van der Waals surface area contributed by atoms with Crippen LogP contribution in [0.5, 0.6) is 5.75 Å². The molecule has 20 heavy (non-hydrogen) atoms. The van der Waals surface area contributed by atoms with Crippen LogP contribution in [-0.4, -0.2) is 14.7 Å². The molecule has 0 unspecified atom stereocenters. The molecular formula is C16H15FN2O. The monoisotopic (exact) mass is 270 g/mol. The van der Waals surface area contributed by atoms with Crippen LogP contribution in [0.25, 0.3) is 22.4 Å². The first-order valence-corrected chi connectivity index (χ1v) is 6.56. The first-order chi connectivity index (χ1) is 9.60. The zero-order valence-electron chi connectivity index (χ0n) is 11.4. The van der Waals surface area contributed by atoms with E-state index in [0.717, 1.165) is 16.6 Å². The van der Waals surface area contributed by atoms with Crippen molar-refractivity contribution in [1.29, 1.82) is 0 Å². The van der Waals surface area contributed by atoms with Gasteiger partial charge in [0, 0.05) is 6.54 Å². The standard InChI is InChI=1S/C16H15FN2O/c1-3-19-14-9-11(17)5-6-13(14)18-16(19)12-8-10(2)4-7-15(12)20/h4-9,20H,3H2,1-2H3. The first kappa shape index (κ1) is 12.7. The van der Waals surface area contributed by atoms with Crippen molar-refractivity contribution in [3.05, 3.63) is 47.8 Å². The minimum Gasteiger partial charge on any atom is -0.507 e. The Morgan fingerprint density at radius 2 is 2.00 bits per heavy atom. The van der Waals surface area contributed by atoms with Crippen molar-refractivity contribution in [3.8, 4) is 17.1 Å². The quantitative estimate of drug-likeness (QED) is 0.767. The van der Waals surface area contributed by atoms with Crippen molar-refractivity contribution in [1.82, 2.24) is 9.55 Å². The molecular weight excluding hydrogens is 255 g/mol. The molecule has 0 spiro atoms. The Labute approximate surface area is 116 Å². The topological polar surface area (TPSA) is 38.0 Å². The number of imidazole rings is 1. The lowest BCUT2D eigenvalue weighted by Crippen LogP contribution is -1.98. The normalized spacial score (nSPS) is 11.2. The molecule has 0 bridgehead atoms. The summed E-state index contributed by atoms with van der Waals surface area (Å²) in [5.41, 5.74) is 3.18. The van der Waals surface area contributed by atoms with Crippen LogP contribution >= 0.6 is 0 Å². The molecule has 0 aliphatic carbocycles. The summed E-state index contributed by atoms with van der Waals surface area (Å²) >= 11 is 0. The Hall–Kier alpha value is -2.36. The summed E-state index contributed by atoms with van der Waals surface area (Å²) in [7, 11) is 0. The number of aryl methyl sites for hydroxylation is 2. The van der Waals surface area contributed by atoms with Crippen LogP contribution in [0.1, 0.15) is 12.5 Å². The number of aromatic hydroxyl groups is 1. The number of nitrogens with zero attached hydrogens (tertiary/aromatic N) is 2. The summed E-state index contributed by atoms with van der Waals surface area (Å²) < 4.78 is 15.3. The fraction of sp³-hybridized carbons (Fsp3) is 0.188. The van der Waals surface area contributed by atoms with Gasteiger partial charge in [0.1, 0.15) is 17.4 Å². The molecule has 3 nitrogen and oxygen atoms in total. The summed E-state index contributed by atoms with van der Waals surface area (Å²) in [6.45, 7) is 4.59. The van der Waals surface area contributed by atoms with E-state index < -0.39 is 0 Å².